The van der Waals surface area contributed by atoms with E-state index in [1.807, 2.05) is 17.0 Å². The molecule has 9 heteroatoms. The molecule has 2 aromatic carbocycles. The number of halogens is 2. The Morgan fingerprint density at radius 3 is 2.42 bits per heavy atom. The zero-order chi connectivity index (χ0) is 23.2. The summed E-state index contributed by atoms with van der Waals surface area (Å²) in [5.74, 6) is -0.745. The van der Waals surface area contributed by atoms with Crippen molar-refractivity contribution in [1.82, 2.24) is 14.8 Å². The van der Waals surface area contributed by atoms with E-state index >= 15 is 0 Å². The Morgan fingerprint density at radius 2 is 1.76 bits per heavy atom. The number of carbonyl (C=O) groups excluding carboxylic acids is 1. The summed E-state index contributed by atoms with van der Waals surface area (Å²) in [6.45, 7) is 4.64. The molecule has 1 fully saturated rings. The number of rotatable bonds is 8. The Balaban J connectivity index is 1.33. The standard InChI is InChI=1S/C24H25F2N3O3S/c1-31-11-10-28-6-8-29(9-7-28)24(30)22-16-33-23(27-22)18-2-4-21(5-3-18)32-15-17-12-19(25)14-20(26)13-17/h2-5,12-14,16H,6-11,15H2,1H3. The van der Waals surface area contributed by atoms with Gasteiger partial charge in [-0.15, -0.1) is 11.3 Å². The van der Waals surface area contributed by atoms with E-state index in [0.717, 1.165) is 36.3 Å². The summed E-state index contributed by atoms with van der Waals surface area (Å²) in [5.41, 5.74) is 1.74. The smallest absolute Gasteiger partial charge is 0.273 e. The topological polar surface area (TPSA) is 54.9 Å². The summed E-state index contributed by atoms with van der Waals surface area (Å²) < 4.78 is 37.3. The van der Waals surface area contributed by atoms with Gasteiger partial charge in [0.15, 0.2) is 0 Å². The average Bonchev–Trinajstić information content (AvgIpc) is 3.31. The number of methoxy groups -OCH3 is 1. The fraction of sp³-hybridized carbons (Fsp3) is 0.333. The van der Waals surface area contributed by atoms with Crippen LogP contribution in [-0.4, -0.2) is 67.1 Å². The van der Waals surface area contributed by atoms with Gasteiger partial charge >= 0.3 is 0 Å². The molecule has 0 atom stereocenters. The minimum absolute atomic E-state index is 0.0498. The molecule has 1 aliphatic rings. The average molecular weight is 474 g/mol. The van der Waals surface area contributed by atoms with Crippen LogP contribution in [-0.2, 0) is 11.3 Å². The molecular formula is C24H25F2N3O3S. The molecule has 1 aromatic heterocycles. The predicted molar refractivity (Wildman–Crippen MR) is 122 cm³/mol. The highest BCUT2D eigenvalue weighted by molar-refractivity contribution is 7.13. The molecular weight excluding hydrogens is 448 g/mol. The SMILES string of the molecule is COCCN1CCN(C(=O)c2csc(-c3ccc(OCc4cc(F)cc(F)c4)cc3)n2)CC1. The van der Waals surface area contributed by atoms with Gasteiger partial charge in [0, 0.05) is 56.8 Å². The molecule has 0 unspecified atom stereocenters. The van der Waals surface area contributed by atoms with E-state index in [4.69, 9.17) is 9.47 Å². The second-order valence-electron chi connectivity index (χ2n) is 7.76. The monoisotopic (exact) mass is 473 g/mol. The van der Waals surface area contributed by atoms with Gasteiger partial charge in [-0.25, -0.2) is 13.8 Å². The van der Waals surface area contributed by atoms with Crippen molar-refractivity contribution < 1.29 is 23.0 Å². The van der Waals surface area contributed by atoms with Gasteiger partial charge in [0.25, 0.3) is 5.91 Å². The maximum atomic E-state index is 13.3. The van der Waals surface area contributed by atoms with Crippen molar-refractivity contribution in [2.45, 2.75) is 6.61 Å². The van der Waals surface area contributed by atoms with Crippen LogP contribution in [0.25, 0.3) is 10.6 Å². The number of piperazine rings is 1. The number of carbonyl (C=O) groups is 1. The van der Waals surface area contributed by atoms with E-state index in [1.165, 1.54) is 23.5 Å². The molecule has 174 valence electrons. The highest BCUT2D eigenvalue weighted by Crippen LogP contribution is 2.27. The number of benzene rings is 2. The molecule has 0 aliphatic carbocycles. The van der Waals surface area contributed by atoms with Crippen LogP contribution in [0.2, 0.25) is 0 Å². The van der Waals surface area contributed by atoms with Crippen LogP contribution < -0.4 is 4.74 Å². The molecule has 1 aliphatic heterocycles. The minimum atomic E-state index is -0.633. The van der Waals surface area contributed by atoms with Crippen LogP contribution in [0.4, 0.5) is 8.78 Å². The van der Waals surface area contributed by atoms with Crippen molar-refractivity contribution in [3.63, 3.8) is 0 Å². The van der Waals surface area contributed by atoms with E-state index in [2.05, 4.69) is 9.88 Å². The lowest BCUT2D eigenvalue weighted by Crippen LogP contribution is -2.49. The molecule has 1 saturated heterocycles. The van der Waals surface area contributed by atoms with Crippen molar-refractivity contribution in [2.24, 2.45) is 0 Å². The summed E-state index contributed by atoms with van der Waals surface area (Å²) in [6, 6.07) is 10.6. The Bertz CT molecular complexity index is 1060. The van der Waals surface area contributed by atoms with Gasteiger partial charge < -0.3 is 14.4 Å². The van der Waals surface area contributed by atoms with Gasteiger partial charge in [-0.05, 0) is 42.0 Å². The van der Waals surface area contributed by atoms with E-state index in [1.54, 1.807) is 24.6 Å². The van der Waals surface area contributed by atoms with Crippen molar-refractivity contribution >= 4 is 17.2 Å². The summed E-state index contributed by atoms with van der Waals surface area (Å²) >= 11 is 1.42. The van der Waals surface area contributed by atoms with Crippen LogP contribution in [0.3, 0.4) is 0 Å². The van der Waals surface area contributed by atoms with Crippen molar-refractivity contribution in [3.8, 4) is 16.3 Å². The van der Waals surface area contributed by atoms with Crippen molar-refractivity contribution in [3.05, 3.63) is 70.7 Å². The first kappa shape index (κ1) is 23.3. The molecule has 0 radical (unpaired) electrons. The van der Waals surface area contributed by atoms with Gasteiger partial charge in [0.05, 0.1) is 6.61 Å². The number of thiazole rings is 1. The molecule has 6 nitrogen and oxygen atoms in total. The highest BCUT2D eigenvalue weighted by atomic mass is 32.1. The minimum Gasteiger partial charge on any atom is -0.489 e. The number of ether oxygens (including phenoxy) is 2. The second kappa shape index (κ2) is 10.8. The Hall–Kier alpha value is -2.88. The highest BCUT2D eigenvalue weighted by Gasteiger charge is 2.23. The number of amides is 1. The lowest BCUT2D eigenvalue weighted by atomic mass is 10.2. The van der Waals surface area contributed by atoms with Gasteiger partial charge in [-0.1, -0.05) is 0 Å². The Morgan fingerprint density at radius 1 is 1.06 bits per heavy atom. The maximum Gasteiger partial charge on any atom is 0.273 e. The molecule has 2 heterocycles. The molecule has 0 N–H and O–H groups in total. The van der Waals surface area contributed by atoms with Crippen LogP contribution in [0.15, 0.2) is 47.8 Å². The zero-order valence-corrected chi connectivity index (χ0v) is 19.1. The van der Waals surface area contributed by atoms with Crippen LogP contribution in [0.1, 0.15) is 16.1 Å². The largest absolute Gasteiger partial charge is 0.489 e. The zero-order valence-electron chi connectivity index (χ0n) is 18.3. The molecule has 0 bridgehead atoms. The number of hydrogen-bond donors (Lipinski definition) is 0. The molecule has 4 rings (SSSR count). The van der Waals surface area contributed by atoms with E-state index < -0.39 is 11.6 Å². The first-order valence-electron chi connectivity index (χ1n) is 10.7. The lowest BCUT2D eigenvalue weighted by molar-refractivity contribution is 0.0589. The Kier molecular flexibility index (Phi) is 7.64. The predicted octanol–water partition coefficient (Wildman–Crippen LogP) is 4.07. The third-order valence-corrected chi connectivity index (χ3v) is 6.31. The first-order chi connectivity index (χ1) is 16.0. The second-order valence-corrected chi connectivity index (χ2v) is 8.61. The van der Waals surface area contributed by atoms with Crippen molar-refractivity contribution in [2.75, 3.05) is 46.4 Å². The van der Waals surface area contributed by atoms with Gasteiger partial charge in [0.2, 0.25) is 0 Å². The summed E-state index contributed by atoms with van der Waals surface area (Å²) in [7, 11) is 1.69. The number of hydrogen-bond acceptors (Lipinski definition) is 6. The molecule has 3 aromatic rings. The third-order valence-electron chi connectivity index (χ3n) is 5.42. The van der Waals surface area contributed by atoms with Crippen molar-refractivity contribution in [1.29, 1.82) is 0 Å². The van der Waals surface area contributed by atoms with E-state index in [9.17, 15) is 13.6 Å². The van der Waals surface area contributed by atoms with Crippen LogP contribution in [0.5, 0.6) is 5.75 Å². The normalized spacial score (nSPS) is 14.5. The van der Waals surface area contributed by atoms with Crippen LogP contribution >= 0.6 is 11.3 Å². The summed E-state index contributed by atoms with van der Waals surface area (Å²) in [4.78, 5) is 21.5. The molecule has 0 spiro atoms. The van der Waals surface area contributed by atoms with E-state index in [0.29, 0.717) is 36.7 Å². The fourth-order valence-corrected chi connectivity index (χ4v) is 4.42. The lowest BCUT2D eigenvalue weighted by Gasteiger charge is -2.34. The Labute approximate surface area is 195 Å². The number of aromatic nitrogens is 1. The summed E-state index contributed by atoms with van der Waals surface area (Å²) in [6.07, 6.45) is 0. The van der Waals surface area contributed by atoms with Crippen LogP contribution in [0, 0.1) is 11.6 Å². The maximum absolute atomic E-state index is 13.3. The molecule has 33 heavy (non-hydrogen) atoms. The molecule has 0 saturated carbocycles. The fourth-order valence-electron chi connectivity index (χ4n) is 3.62. The number of nitrogens with zero attached hydrogens (tertiary/aromatic N) is 3. The van der Waals surface area contributed by atoms with Gasteiger partial charge in [0.1, 0.15) is 34.7 Å². The van der Waals surface area contributed by atoms with Gasteiger partial charge in [-0.3, -0.25) is 9.69 Å². The van der Waals surface area contributed by atoms with Gasteiger partial charge in [-0.2, -0.15) is 0 Å². The van der Waals surface area contributed by atoms with E-state index in [-0.39, 0.29) is 12.5 Å². The molecule has 1 amide bonds. The first-order valence-corrected chi connectivity index (χ1v) is 11.5. The third kappa shape index (κ3) is 6.13. The summed E-state index contributed by atoms with van der Waals surface area (Å²) in [5, 5.41) is 2.54. The quantitative estimate of drug-likeness (QED) is 0.494.